The van der Waals surface area contributed by atoms with Gasteiger partial charge in [-0.3, -0.25) is 0 Å². The lowest BCUT2D eigenvalue weighted by Gasteiger charge is -2.26. The Morgan fingerprint density at radius 3 is 0.966 bits per heavy atom. The lowest BCUT2D eigenvalue weighted by atomic mass is 10.2. The van der Waals surface area contributed by atoms with Crippen molar-refractivity contribution in [1.82, 2.24) is 0 Å². The molecule has 0 fully saturated rings. The van der Waals surface area contributed by atoms with Crippen molar-refractivity contribution in [3.05, 3.63) is 48.0 Å². The van der Waals surface area contributed by atoms with E-state index < -0.39 is 68.1 Å². The maximum atomic E-state index is 12.4. The van der Waals surface area contributed by atoms with Crippen LogP contribution in [0.4, 0.5) is 52.7 Å². The van der Waals surface area contributed by atoms with Gasteiger partial charge in [-0.05, 0) is 12.2 Å². The fourth-order valence-corrected chi connectivity index (χ4v) is 3.10. The second-order valence-corrected chi connectivity index (χ2v) is 8.85. The molecule has 0 aromatic carbocycles. The molecule has 0 amide bonds. The van der Waals surface area contributed by atoms with Crippen LogP contribution in [0.3, 0.4) is 0 Å². The normalized spacial score (nSPS) is 13.4. The number of rotatable bonds is 6. The van der Waals surface area contributed by atoms with Gasteiger partial charge >= 0.3 is 33.3 Å². The van der Waals surface area contributed by atoms with E-state index in [1.807, 2.05) is 0 Å². The van der Waals surface area contributed by atoms with Crippen molar-refractivity contribution in [3.63, 3.8) is 0 Å². The molecule has 0 bridgehead atoms. The van der Waals surface area contributed by atoms with Crippen LogP contribution in [0.15, 0.2) is 48.0 Å². The van der Waals surface area contributed by atoms with Gasteiger partial charge in [-0.15, -0.1) is 0 Å². The molecule has 0 spiro atoms. The maximum Gasteiger partial charge on any atom is 0.453 e. The van der Waals surface area contributed by atoms with Gasteiger partial charge in [0, 0.05) is 13.1 Å². The smallest absolute Gasteiger partial charge is 0.453 e. The van der Waals surface area contributed by atoms with E-state index in [-0.39, 0.29) is 0 Å². The topological polar surface area (TPSA) is 18.5 Å². The molecule has 0 N–H and O–H groups in total. The predicted octanol–water partition coefficient (Wildman–Crippen LogP) is 6.85. The lowest BCUT2D eigenvalue weighted by molar-refractivity contribution is -0.173. The van der Waals surface area contributed by atoms with Gasteiger partial charge in [-0.2, -0.15) is 52.7 Å². The zero-order valence-corrected chi connectivity index (χ0v) is 15.4. The number of hydrogen-bond acceptors (Lipinski definition) is 2. The number of halogens is 12. The van der Waals surface area contributed by atoms with Gasteiger partial charge < -0.3 is 8.85 Å². The molecule has 15 heteroatoms. The molecule has 0 aliphatic heterocycles. The first kappa shape index (κ1) is 26.9. The van der Waals surface area contributed by atoms with Crippen molar-refractivity contribution in [2.75, 3.05) is 0 Å². The minimum Gasteiger partial charge on any atom is -0.513 e. The maximum absolute atomic E-state index is 12.4. The minimum atomic E-state index is -5.84. The molecular formula is C14H12F12O2Si. The molecule has 0 saturated carbocycles. The van der Waals surface area contributed by atoms with Crippen molar-refractivity contribution in [2.24, 2.45) is 0 Å². The Labute approximate surface area is 157 Å². The van der Waals surface area contributed by atoms with Crippen molar-refractivity contribution in [1.29, 1.82) is 0 Å². The summed E-state index contributed by atoms with van der Waals surface area (Å²) in [6.45, 7) is 7.43. The van der Waals surface area contributed by atoms with Gasteiger partial charge in [0.2, 0.25) is 0 Å². The zero-order chi connectivity index (χ0) is 23.6. The van der Waals surface area contributed by atoms with Crippen LogP contribution in [-0.4, -0.2) is 33.3 Å². The van der Waals surface area contributed by atoms with Crippen LogP contribution >= 0.6 is 0 Å². The highest BCUT2D eigenvalue weighted by Gasteiger charge is 2.52. The van der Waals surface area contributed by atoms with Gasteiger partial charge in [-0.1, -0.05) is 13.2 Å². The molecule has 2 nitrogen and oxygen atoms in total. The summed E-state index contributed by atoms with van der Waals surface area (Å²) in [5.41, 5.74) is -5.98. The van der Waals surface area contributed by atoms with E-state index in [1.165, 1.54) is 0 Å². The average molecular weight is 468 g/mol. The molecule has 0 aliphatic carbocycles. The highest BCUT2D eigenvalue weighted by Crippen LogP contribution is 2.40. The summed E-state index contributed by atoms with van der Waals surface area (Å²) in [6, 6.07) is 0. The molecule has 0 heterocycles. The molecule has 0 aromatic rings. The molecule has 168 valence electrons. The van der Waals surface area contributed by atoms with Crippen molar-refractivity contribution < 1.29 is 61.5 Å². The summed E-state index contributed by atoms with van der Waals surface area (Å²) in [5, 5.41) is 0. The molecular weight excluding hydrogens is 456 g/mol. The Kier molecular flexibility index (Phi) is 7.76. The van der Waals surface area contributed by atoms with Crippen LogP contribution in [0.1, 0.15) is 0 Å². The van der Waals surface area contributed by atoms with Crippen LogP contribution < -0.4 is 0 Å². The van der Waals surface area contributed by atoms with Crippen LogP contribution in [0, 0.1) is 0 Å². The van der Waals surface area contributed by atoms with E-state index in [9.17, 15) is 52.7 Å². The zero-order valence-electron chi connectivity index (χ0n) is 14.4. The van der Waals surface area contributed by atoms with Crippen molar-refractivity contribution >= 4 is 8.56 Å². The van der Waals surface area contributed by atoms with Gasteiger partial charge in [0.05, 0.1) is 11.5 Å². The first-order valence-electron chi connectivity index (χ1n) is 6.95. The summed E-state index contributed by atoms with van der Waals surface area (Å²) in [7, 11) is -3.96. The quantitative estimate of drug-likeness (QED) is 0.184. The fourth-order valence-electron chi connectivity index (χ4n) is 1.68. The van der Waals surface area contributed by atoms with E-state index >= 15 is 0 Å². The Hall–Kier alpha value is -2.06. The Morgan fingerprint density at radius 1 is 0.586 bits per heavy atom. The number of alkyl halides is 12. The molecule has 0 unspecified atom stereocenters. The van der Waals surface area contributed by atoms with Gasteiger partial charge in [0.1, 0.15) is 11.1 Å². The summed E-state index contributed by atoms with van der Waals surface area (Å²) in [4.78, 5) is 0. The number of hydrogen-bond donors (Lipinski definition) is 0. The Morgan fingerprint density at radius 2 is 0.793 bits per heavy atom. The van der Waals surface area contributed by atoms with E-state index in [1.54, 1.807) is 0 Å². The molecule has 29 heavy (non-hydrogen) atoms. The minimum absolute atomic E-state index is 0.520. The fraction of sp³-hybridized carbons (Fsp3) is 0.429. The largest absolute Gasteiger partial charge is 0.513 e. The van der Waals surface area contributed by atoms with E-state index in [0.29, 0.717) is 0 Å². The highest BCUT2D eigenvalue weighted by molar-refractivity contribution is 6.65. The third-order valence-corrected chi connectivity index (χ3v) is 4.09. The van der Waals surface area contributed by atoms with Crippen LogP contribution in [-0.2, 0) is 8.85 Å². The lowest BCUT2D eigenvalue weighted by Crippen LogP contribution is -2.34. The van der Waals surface area contributed by atoms with Gasteiger partial charge in [0.25, 0.3) is 0 Å². The third kappa shape index (κ3) is 9.32. The van der Waals surface area contributed by atoms with Gasteiger partial charge in [-0.25, -0.2) is 0 Å². The monoisotopic (exact) mass is 468 g/mol. The molecule has 0 aromatic heterocycles. The van der Waals surface area contributed by atoms with E-state index in [2.05, 4.69) is 22.0 Å². The first-order valence-corrected chi connectivity index (χ1v) is 9.76. The standard InChI is InChI=1S/C14H12F12O2Si/c1-7(5-9(11(15,16)17)12(18,19)20)27-29(3,4)28-8(2)6-10(13(21,22)23)14(24,25)26/h5-6H,1-2H2,3-4H3. The van der Waals surface area contributed by atoms with E-state index in [4.69, 9.17) is 0 Å². The second-order valence-electron chi connectivity index (χ2n) is 5.64. The Balaban J connectivity index is 5.59. The number of allylic oxidation sites excluding steroid dienone is 4. The van der Waals surface area contributed by atoms with E-state index in [0.717, 1.165) is 13.1 Å². The van der Waals surface area contributed by atoms with Crippen LogP contribution in [0.5, 0.6) is 0 Å². The average Bonchev–Trinajstić information content (AvgIpc) is 2.36. The summed E-state index contributed by atoms with van der Waals surface area (Å²) in [5.74, 6) is -2.45. The molecule has 0 rings (SSSR count). The third-order valence-electron chi connectivity index (χ3n) is 2.59. The highest BCUT2D eigenvalue weighted by atomic mass is 28.4. The van der Waals surface area contributed by atoms with Gasteiger partial charge in [0.15, 0.2) is 0 Å². The summed E-state index contributed by atoms with van der Waals surface area (Å²) < 4.78 is 159. The van der Waals surface area contributed by atoms with Crippen LogP contribution in [0.25, 0.3) is 0 Å². The van der Waals surface area contributed by atoms with Crippen molar-refractivity contribution in [2.45, 2.75) is 37.8 Å². The summed E-state index contributed by atoms with van der Waals surface area (Å²) in [6.07, 6.45) is -24.4. The molecule has 0 radical (unpaired) electrons. The molecule has 0 aliphatic rings. The SMILES string of the molecule is C=C(C=C(C(F)(F)F)C(F)(F)F)O[Si](C)(C)OC(=C)C=C(C(F)(F)F)C(F)(F)F. The van der Waals surface area contributed by atoms with Crippen molar-refractivity contribution in [3.8, 4) is 0 Å². The molecule has 0 saturated heterocycles. The predicted molar refractivity (Wildman–Crippen MR) is 78.3 cm³/mol. The van der Waals surface area contributed by atoms with Crippen LogP contribution in [0.2, 0.25) is 13.1 Å². The Bertz CT molecular complexity index is 599. The second kappa shape index (κ2) is 8.35. The first-order chi connectivity index (χ1) is 12.5. The summed E-state index contributed by atoms with van der Waals surface area (Å²) >= 11 is 0. The molecule has 0 atom stereocenters.